The summed E-state index contributed by atoms with van der Waals surface area (Å²) in [5.41, 5.74) is -1.95. The molecule has 9 heteroatoms. The van der Waals surface area contributed by atoms with Crippen molar-refractivity contribution in [3.8, 4) is 11.3 Å². The maximum absolute atomic E-state index is 13.2. The first-order chi connectivity index (χ1) is 9.84. The summed E-state index contributed by atoms with van der Waals surface area (Å²) in [7, 11) is 0. The van der Waals surface area contributed by atoms with E-state index in [0.717, 1.165) is 6.07 Å². The van der Waals surface area contributed by atoms with Gasteiger partial charge < -0.3 is 4.74 Å². The molecule has 0 radical (unpaired) electrons. The van der Waals surface area contributed by atoms with Crippen LogP contribution in [-0.2, 0) is 10.9 Å². The molecule has 0 unspecified atom stereocenters. The van der Waals surface area contributed by atoms with Gasteiger partial charge in [0.15, 0.2) is 5.69 Å². The first kappa shape index (κ1) is 14.9. The van der Waals surface area contributed by atoms with Gasteiger partial charge in [-0.1, -0.05) is 0 Å². The van der Waals surface area contributed by atoms with E-state index in [4.69, 9.17) is 4.74 Å². The number of halogens is 4. The van der Waals surface area contributed by atoms with E-state index in [2.05, 4.69) is 15.4 Å². The molecule has 1 aromatic carbocycles. The van der Waals surface area contributed by atoms with Crippen LogP contribution in [0, 0.1) is 5.82 Å². The largest absolute Gasteiger partial charge is 0.461 e. The highest BCUT2D eigenvalue weighted by atomic mass is 19.4. The highest BCUT2D eigenvalue weighted by Gasteiger charge is 2.34. The Hall–Kier alpha value is -2.45. The molecular formula is C12H9F4N3O2. The van der Waals surface area contributed by atoms with Crippen molar-refractivity contribution >= 4 is 5.97 Å². The molecule has 2 rings (SSSR count). The van der Waals surface area contributed by atoms with Crippen LogP contribution < -0.4 is 0 Å². The smallest absolute Gasteiger partial charge is 0.419 e. The summed E-state index contributed by atoms with van der Waals surface area (Å²) in [5.74, 6) is -2.24. The number of ether oxygens (including phenoxy) is 1. The molecule has 1 heterocycles. The molecule has 0 fully saturated rings. The molecule has 0 saturated carbocycles. The molecule has 2 aromatic rings. The van der Waals surface area contributed by atoms with Crippen molar-refractivity contribution in [1.29, 1.82) is 0 Å². The molecular weight excluding hydrogens is 294 g/mol. The fourth-order valence-corrected chi connectivity index (χ4v) is 1.66. The Labute approximate surface area is 115 Å². The highest BCUT2D eigenvalue weighted by molar-refractivity contribution is 5.93. The molecule has 0 amide bonds. The molecule has 1 aromatic heterocycles. The number of hydrogen-bond donors (Lipinski definition) is 1. The van der Waals surface area contributed by atoms with E-state index in [1.807, 2.05) is 0 Å². The molecule has 1 N–H and O–H groups in total. The van der Waals surface area contributed by atoms with Crippen LogP contribution in [0.25, 0.3) is 11.3 Å². The second-order valence-corrected chi connectivity index (χ2v) is 3.93. The number of hydrogen-bond acceptors (Lipinski definition) is 4. The van der Waals surface area contributed by atoms with Gasteiger partial charge in [0.2, 0.25) is 0 Å². The Kier molecular flexibility index (Phi) is 3.92. The second kappa shape index (κ2) is 5.51. The zero-order valence-electron chi connectivity index (χ0n) is 10.7. The molecule has 0 atom stereocenters. The van der Waals surface area contributed by atoms with Crippen molar-refractivity contribution in [3.63, 3.8) is 0 Å². The highest BCUT2D eigenvalue weighted by Crippen LogP contribution is 2.34. The first-order valence-corrected chi connectivity index (χ1v) is 5.79. The average Bonchev–Trinajstić information content (AvgIpc) is 2.87. The van der Waals surface area contributed by atoms with Gasteiger partial charge in [-0.05, 0) is 25.1 Å². The van der Waals surface area contributed by atoms with E-state index in [-0.39, 0.29) is 23.6 Å². The predicted molar refractivity (Wildman–Crippen MR) is 62.7 cm³/mol. The standard InChI is InChI=1S/C12H9F4N3O2/c1-2-21-11(20)10-9(17-19-18-10)6-3-4-8(13)7(5-6)12(14,15)16/h3-5H,2H2,1H3,(H,17,18,19). The minimum atomic E-state index is -4.85. The van der Waals surface area contributed by atoms with Crippen molar-refractivity contribution in [2.75, 3.05) is 6.61 Å². The summed E-state index contributed by atoms with van der Waals surface area (Å²) in [6, 6.07) is 2.29. The Morgan fingerprint density at radius 2 is 2.05 bits per heavy atom. The Morgan fingerprint density at radius 1 is 1.33 bits per heavy atom. The normalized spacial score (nSPS) is 11.5. The predicted octanol–water partition coefficient (Wildman–Crippen LogP) is 2.81. The fourth-order valence-electron chi connectivity index (χ4n) is 1.66. The van der Waals surface area contributed by atoms with Crippen LogP contribution in [0.2, 0.25) is 0 Å². The Bertz CT molecular complexity index is 667. The van der Waals surface area contributed by atoms with Gasteiger partial charge in [0.1, 0.15) is 11.5 Å². The maximum Gasteiger partial charge on any atom is 0.419 e. The number of aromatic nitrogens is 3. The maximum atomic E-state index is 13.2. The van der Waals surface area contributed by atoms with Crippen LogP contribution in [0.3, 0.4) is 0 Å². The number of nitrogens with one attached hydrogen (secondary N) is 1. The first-order valence-electron chi connectivity index (χ1n) is 5.79. The number of rotatable bonds is 3. The molecule has 0 aliphatic heterocycles. The lowest BCUT2D eigenvalue weighted by atomic mass is 10.1. The van der Waals surface area contributed by atoms with Gasteiger partial charge >= 0.3 is 12.1 Å². The summed E-state index contributed by atoms with van der Waals surface area (Å²) in [6.45, 7) is 1.64. The van der Waals surface area contributed by atoms with E-state index in [0.29, 0.717) is 12.1 Å². The Morgan fingerprint density at radius 3 is 2.67 bits per heavy atom. The lowest BCUT2D eigenvalue weighted by molar-refractivity contribution is -0.139. The summed E-state index contributed by atoms with van der Waals surface area (Å²) in [4.78, 5) is 11.6. The quantitative estimate of drug-likeness (QED) is 0.699. The molecule has 0 spiro atoms. The van der Waals surface area contributed by atoms with E-state index in [9.17, 15) is 22.4 Å². The van der Waals surface area contributed by atoms with E-state index in [1.165, 1.54) is 0 Å². The van der Waals surface area contributed by atoms with Crippen molar-refractivity contribution < 1.29 is 27.1 Å². The molecule has 21 heavy (non-hydrogen) atoms. The summed E-state index contributed by atoms with van der Waals surface area (Å²) in [6.07, 6.45) is -4.85. The number of benzene rings is 1. The molecule has 0 aliphatic carbocycles. The second-order valence-electron chi connectivity index (χ2n) is 3.93. The number of nitrogens with zero attached hydrogens (tertiary/aromatic N) is 2. The van der Waals surface area contributed by atoms with E-state index in [1.54, 1.807) is 6.92 Å². The summed E-state index contributed by atoms with van der Waals surface area (Å²) < 4.78 is 56.0. The number of esters is 1. The SMILES string of the molecule is CCOC(=O)c1n[nH]nc1-c1ccc(F)c(C(F)(F)F)c1. The number of carbonyl (C=O) groups excluding carboxylic acids is 1. The van der Waals surface area contributed by atoms with Gasteiger partial charge in [0.05, 0.1) is 12.2 Å². The zero-order chi connectivity index (χ0) is 15.6. The van der Waals surface area contributed by atoms with E-state index >= 15 is 0 Å². The van der Waals surface area contributed by atoms with Gasteiger partial charge in [-0.25, -0.2) is 9.18 Å². The van der Waals surface area contributed by atoms with Crippen LogP contribution in [0.15, 0.2) is 18.2 Å². The van der Waals surface area contributed by atoms with Gasteiger partial charge in [0, 0.05) is 5.56 Å². The molecule has 0 aliphatic rings. The van der Waals surface area contributed by atoms with Crippen LogP contribution >= 0.6 is 0 Å². The minimum Gasteiger partial charge on any atom is -0.461 e. The van der Waals surface area contributed by atoms with E-state index < -0.39 is 23.5 Å². The minimum absolute atomic E-state index is 0.0718. The van der Waals surface area contributed by atoms with Crippen LogP contribution in [0.4, 0.5) is 17.6 Å². The van der Waals surface area contributed by atoms with Crippen molar-refractivity contribution in [1.82, 2.24) is 15.4 Å². The third kappa shape index (κ3) is 3.01. The average molecular weight is 303 g/mol. The monoisotopic (exact) mass is 303 g/mol. The third-order valence-electron chi connectivity index (χ3n) is 2.56. The number of carbonyl (C=O) groups is 1. The fraction of sp³-hybridized carbons (Fsp3) is 0.250. The molecule has 5 nitrogen and oxygen atoms in total. The van der Waals surface area contributed by atoms with Gasteiger partial charge in [-0.15, -0.1) is 5.10 Å². The lowest BCUT2D eigenvalue weighted by Gasteiger charge is -2.09. The topological polar surface area (TPSA) is 67.9 Å². The molecule has 0 bridgehead atoms. The van der Waals surface area contributed by atoms with Crippen LogP contribution in [0.5, 0.6) is 0 Å². The number of alkyl halides is 3. The van der Waals surface area contributed by atoms with Crippen molar-refractivity contribution in [3.05, 3.63) is 35.3 Å². The Balaban J connectivity index is 2.49. The summed E-state index contributed by atoms with van der Waals surface area (Å²) >= 11 is 0. The summed E-state index contributed by atoms with van der Waals surface area (Å²) in [5, 5.41) is 9.29. The number of aromatic amines is 1. The molecule has 0 saturated heterocycles. The van der Waals surface area contributed by atoms with Gasteiger partial charge in [-0.2, -0.15) is 23.5 Å². The lowest BCUT2D eigenvalue weighted by Crippen LogP contribution is -2.09. The van der Waals surface area contributed by atoms with Gasteiger partial charge in [-0.3, -0.25) is 0 Å². The van der Waals surface area contributed by atoms with Gasteiger partial charge in [0.25, 0.3) is 0 Å². The van der Waals surface area contributed by atoms with Crippen molar-refractivity contribution in [2.45, 2.75) is 13.1 Å². The molecule has 112 valence electrons. The third-order valence-corrected chi connectivity index (χ3v) is 2.56. The number of H-pyrrole nitrogens is 1. The van der Waals surface area contributed by atoms with Crippen LogP contribution in [-0.4, -0.2) is 28.0 Å². The van der Waals surface area contributed by atoms with Crippen LogP contribution in [0.1, 0.15) is 23.0 Å². The zero-order valence-corrected chi connectivity index (χ0v) is 10.7. The van der Waals surface area contributed by atoms with Crippen molar-refractivity contribution in [2.24, 2.45) is 0 Å².